The minimum atomic E-state index is -0.821. The van der Waals surface area contributed by atoms with Crippen molar-refractivity contribution in [2.75, 3.05) is 13.2 Å². The highest BCUT2D eigenvalue weighted by molar-refractivity contribution is 5.71. The summed E-state index contributed by atoms with van der Waals surface area (Å²) in [6.07, 6.45) is 77.2. The second-order valence-corrected chi connectivity index (χ2v) is 17.5. The molecule has 0 aliphatic heterocycles. The molecular weight excluding hydrogens is 841 g/mol. The van der Waals surface area contributed by atoms with Crippen LogP contribution in [0.15, 0.2) is 134 Å². The SMILES string of the molecule is CC\C=C/C=C\C=C/C=C\CCCCCC(=O)OCC(COC(=O)CCCCC/C=C\C/C=C\C/C=C\C/C=C\C/C=C\CC)OC(=O)CCCCCCC/C=C\C=C/CCCCCCCCC. The first-order valence-corrected chi connectivity index (χ1v) is 27.3. The molecule has 0 spiro atoms. The van der Waals surface area contributed by atoms with Gasteiger partial charge in [0.15, 0.2) is 6.10 Å². The maximum atomic E-state index is 12.8. The number of rotatable bonds is 47. The molecule has 0 aliphatic rings. The molecule has 0 radical (unpaired) electrons. The lowest BCUT2D eigenvalue weighted by atomic mass is 10.1. The Morgan fingerprint density at radius 1 is 0.324 bits per heavy atom. The first-order valence-electron chi connectivity index (χ1n) is 27.3. The van der Waals surface area contributed by atoms with Gasteiger partial charge in [-0.15, -0.1) is 0 Å². The molecular formula is C62H98O6. The van der Waals surface area contributed by atoms with Gasteiger partial charge in [-0.3, -0.25) is 14.4 Å². The van der Waals surface area contributed by atoms with Crippen LogP contribution in [0, 0.1) is 0 Å². The molecule has 0 saturated carbocycles. The second-order valence-electron chi connectivity index (χ2n) is 17.5. The monoisotopic (exact) mass is 939 g/mol. The summed E-state index contributed by atoms with van der Waals surface area (Å²) in [6.45, 7) is 6.29. The summed E-state index contributed by atoms with van der Waals surface area (Å²) in [5, 5.41) is 0. The summed E-state index contributed by atoms with van der Waals surface area (Å²) in [5.41, 5.74) is 0. The number of hydrogen-bond acceptors (Lipinski definition) is 6. The average Bonchev–Trinajstić information content (AvgIpc) is 3.34. The van der Waals surface area contributed by atoms with Crippen LogP contribution in [0.25, 0.3) is 0 Å². The van der Waals surface area contributed by atoms with Crippen molar-refractivity contribution in [1.82, 2.24) is 0 Å². The Hall–Kier alpha value is -4.45. The van der Waals surface area contributed by atoms with Crippen molar-refractivity contribution in [3.63, 3.8) is 0 Å². The van der Waals surface area contributed by atoms with E-state index in [9.17, 15) is 14.4 Å². The van der Waals surface area contributed by atoms with Crippen LogP contribution < -0.4 is 0 Å². The molecule has 6 heteroatoms. The predicted molar refractivity (Wildman–Crippen MR) is 292 cm³/mol. The Morgan fingerprint density at radius 3 is 1.10 bits per heavy atom. The summed E-state index contributed by atoms with van der Waals surface area (Å²) in [6, 6.07) is 0. The van der Waals surface area contributed by atoms with E-state index in [4.69, 9.17) is 14.2 Å². The summed E-state index contributed by atoms with van der Waals surface area (Å²) < 4.78 is 16.8. The van der Waals surface area contributed by atoms with Crippen LogP contribution >= 0.6 is 0 Å². The maximum absolute atomic E-state index is 12.8. The Labute approximate surface area is 417 Å². The van der Waals surface area contributed by atoms with Crippen molar-refractivity contribution in [3.8, 4) is 0 Å². The van der Waals surface area contributed by atoms with Gasteiger partial charge in [0.25, 0.3) is 0 Å². The van der Waals surface area contributed by atoms with Crippen molar-refractivity contribution in [1.29, 1.82) is 0 Å². The molecule has 0 aromatic heterocycles. The molecule has 68 heavy (non-hydrogen) atoms. The van der Waals surface area contributed by atoms with E-state index in [-0.39, 0.29) is 37.5 Å². The molecule has 0 saturated heterocycles. The van der Waals surface area contributed by atoms with Crippen LogP contribution in [-0.4, -0.2) is 37.2 Å². The van der Waals surface area contributed by atoms with E-state index in [1.54, 1.807) is 0 Å². The number of ether oxygens (including phenoxy) is 3. The molecule has 0 fully saturated rings. The molecule has 0 N–H and O–H groups in total. The highest BCUT2D eigenvalue weighted by Gasteiger charge is 2.19. The largest absolute Gasteiger partial charge is 0.462 e. The highest BCUT2D eigenvalue weighted by Crippen LogP contribution is 2.13. The lowest BCUT2D eigenvalue weighted by Gasteiger charge is -2.18. The van der Waals surface area contributed by atoms with Gasteiger partial charge in [0, 0.05) is 19.3 Å². The van der Waals surface area contributed by atoms with E-state index >= 15 is 0 Å². The maximum Gasteiger partial charge on any atom is 0.306 e. The van der Waals surface area contributed by atoms with E-state index in [2.05, 4.69) is 118 Å². The zero-order valence-corrected chi connectivity index (χ0v) is 43.6. The predicted octanol–water partition coefficient (Wildman–Crippen LogP) is 18.3. The van der Waals surface area contributed by atoms with Crippen LogP contribution in [-0.2, 0) is 28.6 Å². The van der Waals surface area contributed by atoms with Gasteiger partial charge in [-0.1, -0.05) is 225 Å². The van der Waals surface area contributed by atoms with Gasteiger partial charge in [-0.2, -0.15) is 0 Å². The standard InChI is InChI=1S/C62H98O6/c1-4-7-10-13-16-19-22-25-27-29-31-33-34-37-40-43-46-49-52-55-61(64)67-58-59(57-66-60(63)54-51-48-45-42-39-36-24-21-18-15-12-9-6-3)68-62(65)56-53-50-47-44-41-38-35-32-30-28-26-23-20-17-14-11-8-5-2/h7,9-10,12,15-16,18-19,21,24-25,27-28,30-33,35-37,39-40,59H,4-6,8,11,13-14,17,20,22-23,26,29,34,38,41-58H2,1-3H3/b10-7-,12-9-,18-15-,19-16-,24-21-,27-25-,30-28-,33-31-,35-32-,39-36-,40-37-. The Balaban J connectivity index is 4.54. The van der Waals surface area contributed by atoms with Crippen LogP contribution in [0.1, 0.15) is 220 Å². The molecule has 382 valence electrons. The Kier molecular flexibility index (Phi) is 51.5. The van der Waals surface area contributed by atoms with E-state index in [1.807, 2.05) is 36.5 Å². The molecule has 0 amide bonds. The first-order chi connectivity index (χ1) is 33.5. The van der Waals surface area contributed by atoms with Crippen molar-refractivity contribution < 1.29 is 28.6 Å². The van der Waals surface area contributed by atoms with Gasteiger partial charge in [0.2, 0.25) is 0 Å². The third-order valence-corrected chi connectivity index (χ3v) is 11.0. The number of unbranched alkanes of at least 4 members (excludes halogenated alkanes) is 18. The minimum Gasteiger partial charge on any atom is -0.462 e. The number of hydrogen-bond donors (Lipinski definition) is 0. The summed E-state index contributed by atoms with van der Waals surface area (Å²) in [7, 11) is 0. The van der Waals surface area contributed by atoms with E-state index < -0.39 is 6.10 Å². The molecule has 6 nitrogen and oxygen atoms in total. The fourth-order valence-electron chi connectivity index (χ4n) is 6.94. The van der Waals surface area contributed by atoms with Crippen molar-refractivity contribution in [3.05, 3.63) is 134 Å². The molecule has 0 aromatic carbocycles. The van der Waals surface area contributed by atoms with Gasteiger partial charge < -0.3 is 14.2 Å². The Bertz CT molecular complexity index is 1500. The second kappa shape index (κ2) is 55.1. The van der Waals surface area contributed by atoms with Crippen molar-refractivity contribution >= 4 is 17.9 Å². The van der Waals surface area contributed by atoms with E-state index in [1.165, 1.54) is 51.4 Å². The fourth-order valence-corrected chi connectivity index (χ4v) is 6.94. The van der Waals surface area contributed by atoms with Gasteiger partial charge >= 0.3 is 17.9 Å². The molecule has 1 unspecified atom stereocenters. The zero-order valence-electron chi connectivity index (χ0n) is 43.6. The van der Waals surface area contributed by atoms with Gasteiger partial charge in [-0.05, 0) is 109 Å². The number of esters is 3. The van der Waals surface area contributed by atoms with Crippen LogP contribution in [0.2, 0.25) is 0 Å². The van der Waals surface area contributed by atoms with Crippen molar-refractivity contribution in [2.45, 2.75) is 226 Å². The number of allylic oxidation sites excluding steroid dienone is 22. The molecule has 0 heterocycles. The van der Waals surface area contributed by atoms with Crippen LogP contribution in [0.4, 0.5) is 0 Å². The van der Waals surface area contributed by atoms with E-state index in [0.717, 1.165) is 128 Å². The quantitative estimate of drug-likeness (QED) is 0.0199. The lowest BCUT2D eigenvalue weighted by molar-refractivity contribution is -0.167. The molecule has 0 rings (SSSR count). The molecule has 0 aliphatic carbocycles. The molecule has 0 bridgehead atoms. The highest BCUT2D eigenvalue weighted by atomic mass is 16.6. The van der Waals surface area contributed by atoms with Gasteiger partial charge in [-0.25, -0.2) is 0 Å². The fraction of sp³-hybridized carbons (Fsp3) is 0.597. The average molecular weight is 939 g/mol. The lowest BCUT2D eigenvalue weighted by Crippen LogP contribution is -2.30. The Morgan fingerprint density at radius 2 is 0.647 bits per heavy atom. The summed E-state index contributed by atoms with van der Waals surface area (Å²) in [4.78, 5) is 38.1. The summed E-state index contributed by atoms with van der Waals surface area (Å²) >= 11 is 0. The normalized spacial score (nSPS) is 13.2. The first kappa shape index (κ1) is 63.5. The number of carbonyl (C=O) groups is 3. The van der Waals surface area contributed by atoms with Gasteiger partial charge in [0.05, 0.1) is 0 Å². The van der Waals surface area contributed by atoms with Crippen LogP contribution in [0.5, 0.6) is 0 Å². The molecule has 1 atom stereocenters. The number of carbonyl (C=O) groups excluding carboxylic acids is 3. The van der Waals surface area contributed by atoms with E-state index in [0.29, 0.717) is 12.8 Å². The third-order valence-electron chi connectivity index (χ3n) is 11.0. The third kappa shape index (κ3) is 52.5. The summed E-state index contributed by atoms with van der Waals surface area (Å²) in [5.74, 6) is -1.01. The zero-order chi connectivity index (χ0) is 49.3. The molecule has 0 aromatic rings. The van der Waals surface area contributed by atoms with Gasteiger partial charge in [0.1, 0.15) is 13.2 Å². The topological polar surface area (TPSA) is 78.9 Å². The minimum absolute atomic E-state index is 0.119. The van der Waals surface area contributed by atoms with Crippen LogP contribution in [0.3, 0.4) is 0 Å². The van der Waals surface area contributed by atoms with Crippen molar-refractivity contribution in [2.24, 2.45) is 0 Å². The smallest absolute Gasteiger partial charge is 0.306 e.